The number of primary sulfonamides is 1. The van der Waals surface area contributed by atoms with E-state index in [1.807, 2.05) is 37.3 Å². The van der Waals surface area contributed by atoms with E-state index in [0.29, 0.717) is 31.4 Å². The molecule has 158 valence electrons. The van der Waals surface area contributed by atoms with E-state index in [4.69, 9.17) is 9.56 Å². The van der Waals surface area contributed by atoms with E-state index >= 15 is 0 Å². The number of nitrogens with two attached hydrogens (primary N) is 1. The van der Waals surface area contributed by atoms with Gasteiger partial charge in [-0.25, -0.2) is 23.5 Å². The maximum absolute atomic E-state index is 11.3. The molecule has 0 spiro atoms. The molecule has 0 amide bonds. The lowest BCUT2D eigenvalue weighted by Gasteiger charge is -2.11. The lowest BCUT2D eigenvalue weighted by molar-refractivity contribution is 0.572. The number of sulfonamides is 1. The van der Waals surface area contributed by atoms with Gasteiger partial charge in [-0.2, -0.15) is 0 Å². The largest absolute Gasteiger partial charge is 0.444 e. The molecule has 0 bridgehead atoms. The number of benzene rings is 2. The Balaban J connectivity index is 1.55. The molecule has 3 rings (SSSR count). The number of rotatable bonds is 8. The van der Waals surface area contributed by atoms with E-state index < -0.39 is 10.0 Å². The molecule has 2 aromatic carbocycles. The molecule has 0 saturated carbocycles. The summed E-state index contributed by atoms with van der Waals surface area (Å²) in [6.45, 7) is 3.74. The van der Waals surface area contributed by atoms with Crippen molar-refractivity contribution in [2.45, 2.75) is 24.8 Å². The van der Waals surface area contributed by atoms with Gasteiger partial charge in [0.25, 0.3) is 0 Å². The second-order valence-corrected chi connectivity index (χ2v) is 8.13. The Bertz CT molecular complexity index is 1080. The molecular formula is C21H25N5O3S. The molecule has 0 atom stereocenters. The van der Waals surface area contributed by atoms with Gasteiger partial charge >= 0.3 is 0 Å². The maximum Gasteiger partial charge on any atom is 0.238 e. The molecule has 0 unspecified atom stereocenters. The summed E-state index contributed by atoms with van der Waals surface area (Å²) in [6, 6.07) is 16.2. The summed E-state index contributed by atoms with van der Waals surface area (Å²) in [5, 5.41) is 11.6. The fourth-order valence-corrected chi connectivity index (χ4v) is 3.28. The summed E-state index contributed by atoms with van der Waals surface area (Å²) >= 11 is 0. The molecule has 1 heterocycles. The van der Waals surface area contributed by atoms with Crippen molar-refractivity contribution in [3.05, 3.63) is 72.1 Å². The number of aromatic nitrogens is 1. The molecule has 0 radical (unpaired) electrons. The maximum atomic E-state index is 11.3. The highest BCUT2D eigenvalue weighted by Crippen LogP contribution is 2.18. The molecule has 30 heavy (non-hydrogen) atoms. The SMILES string of the molecule is CCNC(=NCc1coc(-c2ccccc2)n1)NCCc1ccc(S(N)(=O)=O)cc1. The van der Waals surface area contributed by atoms with E-state index in [0.717, 1.165) is 23.4 Å². The zero-order valence-electron chi connectivity index (χ0n) is 16.7. The Hall–Kier alpha value is -3.17. The van der Waals surface area contributed by atoms with Crippen LogP contribution in [0.2, 0.25) is 0 Å². The van der Waals surface area contributed by atoms with Crippen LogP contribution in [0.25, 0.3) is 11.5 Å². The zero-order valence-corrected chi connectivity index (χ0v) is 17.5. The van der Waals surface area contributed by atoms with Crippen molar-refractivity contribution >= 4 is 16.0 Å². The summed E-state index contributed by atoms with van der Waals surface area (Å²) < 4.78 is 28.2. The molecule has 1 aromatic heterocycles. The molecule has 0 aliphatic carbocycles. The highest BCUT2D eigenvalue weighted by atomic mass is 32.2. The highest BCUT2D eigenvalue weighted by molar-refractivity contribution is 7.89. The highest BCUT2D eigenvalue weighted by Gasteiger charge is 2.08. The van der Waals surface area contributed by atoms with Crippen LogP contribution in [0.1, 0.15) is 18.2 Å². The zero-order chi connectivity index (χ0) is 21.4. The number of nitrogens with zero attached hydrogens (tertiary/aromatic N) is 2. The quantitative estimate of drug-likeness (QED) is 0.374. The van der Waals surface area contributed by atoms with E-state index in [2.05, 4.69) is 20.6 Å². The minimum Gasteiger partial charge on any atom is -0.444 e. The lowest BCUT2D eigenvalue weighted by atomic mass is 10.1. The molecule has 0 aliphatic heterocycles. The minimum absolute atomic E-state index is 0.108. The molecule has 0 aliphatic rings. The Labute approximate surface area is 176 Å². The molecule has 0 saturated heterocycles. The van der Waals surface area contributed by atoms with Crippen molar-refractivity contribution in [2.75, 3.05) is 13.1 Å². The number of guanidine groups is 1. The third kappa shape index (κ3) is 6.16. The van der Waals surface area contributed by atoms with Gasteiger partial charge in [-0.3, -0.25) is 0 Å². The van der Waals surface area contributed by atoms with Crippen molar-refractivity contribution < 1.29 is 12.8 Å². The molecular weight excluding hydrogens is 402 g/mol. The van der Waals surface area contributed by atoms with Gasteiger partial charge in [-0.05, 0) is 43.2 Å². The van der Waals surface area contributed by atoms with E-state index in [1.165, 1.54) is 12.1 Å². The van der Waals surface area contributed by atoms with Gasteiger partial charge in [0.15, 0.2) is 5.96 Å². The Morgan fingerprint density at radius 3 is 2.50 bits per heavy atom. The van der Waals surface area contributed by atoms with Gasteiger partial charge in [0.1, 0.15) is 12.0 Å². The molecule has 3 aromatic rings. The third-order valence-corrected chi connectivity index (χ3v) is 5.20. The van der Waals surface area contributed by atoms with E-state index in [9.17, 15) is 8.42 Å². The number of aliphatic imine (C=N–C) groups is 1. The van der Waals surface area contributed by atoms with Crippen LogP contribution in [-0.2, 0) is 23.0 Å². The van der Waals surface area contributed by atoms with Gasteiger partial charge in [-0.15, -0.1) is 0 Å². The fraction of sp³-hybridized carbons (Fsp3) is 0.238. The van der Waals surface area contributed by atoms with Crippen LogP contribution in [0, 0.1) is 0 Å². The predicted octanol–water partition coefficient (Wildman–Crippen LogP) is 2.29. The van der Waals surface area contributed by atoms with Gasteiger partial charge in [-0.1, -0.05) is 30.3 Å². The summed E-state index contributed by atoms with van der Waals surface area (Å²) in [7, 11) is -3.67. The average molecular weight is 428 g/mol. The standard InChI is InChI=1S/C21H25N5O3S/c1-2-23-21(24-13-12-16-8-10-19(11-9-16)30(22,27)28)25-14-18-15-29-20(26-18)17-6-4-3-5-7-17/h3-11,15H,2,12-14H2,1H3,(H2,22,27,28)(H2,23,24,25). The van der Waals surface area contributed by atoms with Crippen LogP contribution < -0.4 is 15.8 Å². The summed E-state index contributed by atoms with van der Waals surface area (Å²) in [5.74, 6) is 1.24. The average Bonchev–Trinajstić information content (AvgIpc) is 3.21. The first kappa shape index (κ1) is 21.5. The fourth-order valence-electron chi connectivity index (χ4n) is 2.77. The molecule has 4 N–H and O–H groups in total. The van der Waals surface area contributed by atoms with E-state index in [1.54, 1.807) is 18.4 Å². The number of hydrogen-bond acceptors (Lipinski definition) is 5. The van der Waals surface area contributed by atoms with Crippen LogP contribution in [0.5, 0.6) is 0 Å². The first-order valence-corrected chi connectivity index (χ1v) is 11.1. The smallest absolute Gasteiger partial charge is 0.238 e. The Kier molecular flexibility index (Phi) is 7.21. The monoisotopic (exact) mass is 427 g/mol. The van der Waals surface area contributed by atoms with Gasteiger partial charge in [0.2, 0.25) is 15.9 Å². The summed E-state index contributed by atoms with van der Waals surface area (Å²) in [4.78, 5) is 9.13. The van der Waals surface area contributed by atoms with Crippen LogP contribution >= 0.6 is 0 Å². The van der Waals surface area contributed by atoms with Gasteiger partial charge < -0.3 is 15.1 Å². The van der Waals surface area contributed by atoms with Crippen molar-refractivity contribution in [3.8, 4) is 11.5 Å². The van der Waals surface area contributed by atoms with Gasteiger partial charge in [0.05, 0.1) is 11.4 Å². The van der Waals surface area contributed by atoms with Crippen LogP contribution in [0.3, 0.4) is 0 Å². The second-order valence-electron chi connectivity index (χ2n) is 6.57. The van der Waals surface area contributed by atoms with Crippen molar-refractivity contribution in [2.24, 2.45) is 10.1 Å². The lowest BCUT2D eigenvalue weighted by Crippen LogP contribution is -2.38. The molecule has 8 nitrogen and oxygen atoms in total. The minimum atomic E-state index is -3.67. The van der Waals surface area contributed by atoms with Gasteiger partial charge in [0, 0.05) is 18.7 Å². The van der Waals surface area contributed by atoms with Crippen LogP contribution in [0.15, 0.2) is 75.2 Å². The Morgan fingerprint density at radius 1 is 1.10 bits per heavy atom. The topological polar surface area (TPSA) is 123 Å². The number of nitrogens with one attached hydrogen (secondary N) is 2. The molecule has 9 heteroatoms. The van der Waals surface area contributed by atoms with Crippen LogP contribution in [-0.4, -0.2) is 32.5 Å². The van der Waals surface area contributed by atoms with Crippen molar-refractivity contribution in [1.29, 1.82) is 0 Å². The van der Waals surface area contributed by atoms with Crippen molar-refractivity contribution in [1.82, 2.24) is 15.6 Å². The summed E-state index contributed by atoms with van der Waals surface area (Å²) in [5.41, 5.74) is 2.66. The Morgan fingerprint density at radius 2 is 1.83 bits per heavy atom. The van der Waals surface area contributed by atoms with E-state index in [-0.39, 0.29) is 4.90 Å². The second kappa shape index (κ2) is 10.0. The molecule has 0 fully saturated rings. The number of oxazole rings is 1. The van der Waals surface area contributed by atoms with Crippen molar-refractivity contribution in [3.63, 3.8) is 0 Å². The number of hydrogen-bond donors (Lipinski definition) is 3. The first-order valence-electron chi connectivity index (χ1n) is 9.59. The first-order chi connectivity index (χ1) is 14.5. The normalized spacial score (nSPS) is 12.0. The predicted molar refractivity (Wildman–Crippen MR) is 116 cm³/mol. The third-order valence-electron chi connectivity index (χ3n) is 4.27. The summed E-state index contributed by atoms with van der Waals surface area (Å²) in [6.07, 6.45) is 2.32. The van der Waals surface area contributed by atoms with Crippen LogP contribution in [0.4, 0.5) is 0 Å².